The van der Waals surface area contributed by atoms with Gasteiger partial charge < -0.3 is 9.64 Å². The summed E-state index contributed by atoms with van der Waals surface area (Å²) in [5.41, 5.74) is 3.65. The molecule has 146 valence electrons. The number of nitrogens with zero attached hydrogens (tertiary/aromatic N) is 3. The maximum atomic E-state index is 5.71. The van der Waals surface area contributed by atoms with Crippen molar-refractivity contribution in [1.29, 1.82) is 0 Å². The predicted molar refractivity (Wildman–Crippen MR) is 115 cm³/mol. The Morgan fingerprint density at radius 2 is 1.89 bits per heavy atom. The standard InChI is InChI=1S/C22H26N4OS/c1-5-14-25-21(18-10-12-20(27-4)13-11-18)23-26(22(25)28)16-24(3)15-19-9-7-6-8-17(19)2/h5-13H,1,14-16H2,2-4H3/p+1. The number of hydrogen-bond acceptors (Lipinski definition) is 3. The molecule has 0 saturated heterocycles. The first kappa shape index (κ1) is 20.0. The first-order valence-electron chi connectivity index (χ1n) is 9.32. The quantitative estimate of drug-likeness (QED) is 0.470. The van der Waals surface area contributed by atoms with Crippen LogP contribution in [0.5, 0.6) is 5.75 Å². The van der Waals surface area contributed by atoms with Gasteiger partial charge in [-0.05, 0) is 49.0 Å². The average molecular weight is 396 g/mol. The molecule has 0 aliphatic heterocycles. The molecule has 2 aromatic carbocycles. The summed E-state index contributed by atoms with van der Waals surface area (Å²) in [5, 5.41) is 4.82. The normalized spacial score (nSPS) is 12.0. The highest BCUT2D eigenvalue weighted by molar-refractivity contribution is 7.71. The molecule has 0 aliphatic rings. The number of methoxy groups -OCH3 is 1. The molecular formula is C22H27N4OS+. The maximum Gasteiger partial charge on any atom is 0.203 e. The van der Waals surface area contributed by atoms with E-state index in [0.717, 1.165) is 23.7 Å². The van der Waals surface area contributed by atoms with Gasteiger partial charge in [0.15, 0.2) is 12.5 Å². The summed E-state index contributed by atoms with van der Waals surface area (Å²) in [4.78, 5) is 1.31. The summed E-state index contributed by atoms with van der Waals surface area (Å²) < 4.78 is 9.89. The van der Waals surface area contributed by atoms with Crippen molar-refractivity contribution >= 4 is 12.2 Å². The highest BCUT2D eigenvalue weighted by Crippen LogP contribution is 2.21. The number of hydrogen-bond donors (Lipinski definition) is 1. The molecular weight excluding hydrogens is 368 g/mol. The fraction of sp³-hybridized carbons (Fsp3) is 0.273. The first-order valence-corrected chi connectivity index (χ1v) is 9.73. The molecule has 1 unspecified atom stereocenters. The average Bonchev–Trinajstić information content (AvgIpc) is 3.00. The third kappa shape index (κ3) is 4.40. The minimum Gasteiger partial charge on any atom is -0.497 e. The van der Waals surface area contributed by atoms with Crippen LogP contribution in [0.4, 0.5) is 0 Å². The van der Waals surface area contributed by atoms with Crippen LogP contribution in [0.2, 0.25) is 0 Å². The molecule has 0 amide bonds. The minimum atomic E-state index is 0.622. The zero-order chi connectivity index (χ0) is 20.1. The van der Waals surface area contributed by atoms with Crippen LogP contribution >= 0.6 is 12.2 Å². The zero-order valence-electron chi connectivity index (χ0n) is 16.7. The van der Waals surface area contributed by atoms with E-state index in [9.17, 15) is 0 Å². The minimum absolute atomic E-state index is 0.622. The van der Waals surface area contributed by atoms with Crippen LogP contribution in [-0.2, 0) is 19.8 Å². The second-order valence-corrected chi connectivity index (χ2v) is 7.32. The molecule has 0 aliphatic carbocycles. The summed E-state index contributed by atoms with van der Waals surface area (Å²) >= 11 is 5.71. The van der Waals surface area contributed by atoms with E-state index in [1.807, 2.05) is 39.6 Å². The van der Waals surface area contributed by atoms with Crippen molar-refractivity contribution in [2.75, 3.05) is 14.2 Å². The third-order valence-corrected chi connectivity index (χ3v) is 5.19. The molecule has 0 bridgehead atoms. The highest BCUT2D eigenvalue weighted by Gasteiger charge is 2.15. The van der Waals surface area contributed by atoms with Gasteiger partial charge in [-0.25, -0.2) is 0 Å². The van der Waals surface area contributed by atoms with Crippen molar-refractivity contribution in [1.82, 2.24) is 14.3 Å². The van der Waals surface area contributed by atoms with Gasteiger partial charge in [-0.1, -0.05) is 30.3 Å². The van der Waals surface area contributed by atoms with Crippen LogP contribution < -0.4 is 9.64 Å². The van der Waals surface area contributed by atoms with Gasteiger partial charge in [-0.2, -0.15) is 4.68 Å². The topological polar surface area (TPSA) is 36.4 Å². The second kappa shape index (κ2) is 8.99. The van der Waals surface area contributed by atoms with E-state index in [1.54, 1.807) is 7.11 Å². The molecule has 0 fully saturated rings. The lowest BCUT2D eigenvalue weighted by molar-refractivity contribution is -0.917. The van der Waals surface area contributed by atoms with Gasteiger partial charge in [0.1, 0.15) is 12.3 Å². The van der Waals surface area contributed by atoms with E-state index in [-0.39, 0.29) is 0 Å². The molecule has 1 atom stereocenters. The van der Waals surface area contributed by atoms with E-state index in [1.165, 1.54) is 16.0 Å². The van der Waals surface area contributed by atoms with Gasteiger partial charge in [0.25, 0.3) is 0 Å². The Hall–Kier alpha value is -2.70. The maximum absolute atomic E-state index is 5.71. The summed E-state index contributed by atoms with van der Waals surface area (Å²) in [6.45, 7) is 8.25. The lowest BCUT2D eigenvalue weighted by atomic mass is 10.1. The van der Waals surface area contributed by atoms with E-state index >= 15 is 0 Å². The lowest BCUT2D eigenvalue weighted by Crippen LogP contribution is -3.07. The SMILES string of the molecule is C=CCn1c(-c2ccc(OC)cc2)nn(C[NH+](C)Cc2ccccc2C)c1=S. The molecule has 5 nitrogen and oxygen atoms in total. The number of ether oxygens (including phenoxy) is 1. The Morgan fingerprint density at radius 1 is 1.18 bits per heavy atom. The van der Waals surface area contributed by atoms with Gasteiger partial charge in [0.05, 0.1) is 14.2 Å². The Kier molecular flexibility index (Phi) is 6.44. The van der Waals surface area contributed by atoms with E-state index in [2.05, 4.69) is 44.8 Å². The van der Waals surface area contributed by atoms with Crippen molar-refractivity contribution in [3.05, 3.63) is 77.1 Å². The molecule has 28 heavy (non-hydrogen) atoms. The molecule has 3 rings (SSSR count). The molecule has 1 N–H and O–H groups in total. The van der Waals surface area contributed by atoms with Gasteiger partial charge >= 0.3 is 0 Å². The Morgan fingerprint density at radius 3 is 2.54 bits per heavy atom. The molecule has 0 saturated carbocycles. The van der Waals surface area contributed by atoms with Crippen LogP contribution in [0.3, 0.4) is 0 Å². The van der Waals surface area contributed by atoms with Gasteiger partial charge in [0, 0.05) is 17.7 Å². The number of quaternary nitrogens is 1. The summed E-state index contributed by atoms with van der Waals surface area (Å²) in [6.07, 6.45) is 1.85. The molecule has 0 spiro atoms. The van der Waals surface area contributed by atoms with Crippen LogP contribution in [-0.4, -0.2) is 28.5 Å². The van der Waals surface area contributed by atoms with Crippen molar-refractivity contribution in [3.63, 3.8) is 0 Å². The third-order valence-electron chi connectivity index (χ3n) is 4.76. The first-order chi connectivity index (χ1) is 13.5. The number of aryl methyl sites for hydroxylation is 1. The van der Waals surface area contributed by atoms with Crippen molar-refractivity contribution in [2.24, 2.45) is 0 Å². The van der Waals surface area contributed by atoms with E-state index in [0.29, 0.717) is 18.0 Å². The van der Waals surface area contributed by atoms with Crippen molar-refractivity contribution in [2.45, 2.75) is 26.7 Å². The number of benzene rings is 2. The molecule has 6 heteroatoms. The van der Waals surface area contributed by atoms with Crippen LogP contribution in [0.25, 0.3) is 11.4 Å². The Labute approximate surface area is 171 Å². The Bertz CT molecular complexity index is 1000. The van der Waals surface area contributed by atoms with E-state index < -0.39 is 0 Å². The lowest BCUT2D eigenvalue weighted by Gasteiger charge is -2.15. The highest BCUT2D eigenvalue weighted by atomic mass is 32.1. The summed E-state index contributed by atoms with van der Waals surface area (Å²) in [5.74, 6) is 1.66. The van der Waals surface area contributed by atoms with Gasteiger partial charge in [-0.15, -0.1) is 11.7 Å². The van der Waals surface area contributed by atoms with E-state index in [4.69, 9.17) is 22.1 Å². The van der Waals surface area contributed by atoms with Crippen LogP contribution in [0, 0.1) is 11.7 Å². The fourth-order valence-electron chi connectivity index (χ4n) is 3.24. The number of rotatable bonds is 8. The second-order valence-electron chi connectivity index (χ2n) is 6.95. The summed E-state index contributed by atoms with van der Waals surface area (Å²) in [6, 6.07) is 16.4. The van der Waals surface area contributed by atoms with Gasteiger partial charge in [-0.3, -0.25) is 4.57 Å². The fourth-order valence-corrected chi connectivity index (χ4v) is 3.50. The van der Waals surface area contributed by atoms with Crippen LogP contribution in [0.15, 0.2) is 61.2 Å². The molecule has 0 radical (unpaired) electrons. The predicted octanol–water partition coefficient (Wildman–Crippen LogP) is 3.26. The molecule has 1 heterocycles. The monoisotopic (exact) mass is 395 g/mol. The number of nitrogens with one attached hydrogen (secondary N) is 1. The smallest absolute Gasteiger partial charge is 0.203 e. The largest absolute Gasteiger partial charge is 0.497 e. The number of aromatic nitrogens is 3. The molecule has 1 aromatic heterocycles. The Balaban J connectivity index is 1.88. The van der Waals surface area contributed by atoms with Crippen molar-refractivity contribution in [3.8, 4) is 17.1 Å². The zero-order valence-corrected chi connectivity index (χ0v) is 17.5. The van der Waals surface area contributed by atoms with Gasteiger partial charge in [0.2, 0.25) is 4.77 Å². The summed E-state index contributed by atoms with van der Waals surface area (Å²) in [7, 11) is 3.82. The van der Waals surface area contributed by atoms with Crippen LogP contribution in [0.1, 0.15) is 11.1 Å². The molecule has 3 aromatic rings. The number of allylic oxidation sites excluding steroid dienone is 1. The van der Waals surface area contributed by atoms with Crippen molar-refractivity contribution < 1.29 is 9.64 Å².